The van der Waals surface area contributed by atoms with E-state index in [2.05, 4.69) is 4.90 Å². The van der Waals surface area contributed by atoms with Crippen LogP contribution in [-0.2, 0) is 5.54 Å². The van der Waals surface area contributed by atoms with Crippen LogP contribution in [0.25, 0.3) is 0 Å². The molecule has 0 aliphatic carbocycles. The van der Waals surface area contributed by atoms with Gasteiger partial charge < -0.3 is 5.11 Å². The molecule has 3 atom stereocenters. The lowest BCUT2D eigenvalue weighted by molar-refractivity contribution is -0.172. The summed E-state index contributed by atoms with van der Waals surface area (Å²) in [4.78, 5) is 2.56. The van der Waals surface area contributed by atoms with E-state index in [9.17, 15) is 5.11 Å². The quantitative estimate of drug-likeness (QED) is 0.843. The Bertz CT molecular complexity index is 502. The second kappa shape index (κ2) is 3.11. The highest BCUT2D eigenvalue weighted by Crippen LogP contribution is 2.65. The van der Waals surface area contributed by atoms with E-state index in [1.54, 1.807) is 6.07 Å². The van der Waals surface area contributed by atoms with Crippen LogP contribution in [0.2, 0.25) is 10.0 Å². The first-order chi connectivity index (χ1) is 8.12. The van der Waals surface area contributed by atoms with Crippen molar-refractivity contribution in [2.45, 2.75) is 43.3 Å². The van der Waals surface area contributed by atoms with E-state index >= 15 is 0 Å². The summed E-state index contributed by atoms with van der Waals surface area (Å²) in [6.07, 6.45) is 4.95. The number of phenolic OH excluding ortho intramolecular Hbond substituents is 1. The lowest BCUT2D eigenvalue weighted by atomic mass is 9.64. The van der Waals surface area contributed by atoms with Crippen molar-refractivity contribution in [3.05, 3.63) is 27.7 Å². The number of rotatable bonds is 1. The minimum atomic E-state index is 0.0736. The molecule has 0 amide bonds. The molecular weight excluding hydrogens is 257 g/mol. The fourth-order valence-electron chi connectivity index (χ4n) is 4.18. The lowest BCUT2D eigenvalue weighted by Gasteiger charge is -2.67. The molecule has 3 heterocycles. The maximum atomic E-state index is 10.1. The van der Waals surface area contributed by atoms with Crippen LogP contribution in [0, 0.1) is 0 Å². The number of aromatic hydroxyl groups is 1. The van der Waals surface area contributed by atoms with Gasteiger partial charge in [0.15, 0.2) is 0 Å². The molecule has 0 saturated carbocycles. The molecule has 1 N–H and O–H groups in total. The fraction of sp³-hybridized carbons (Fsp3) is 0.538. The summed E-state index contributed by atoms with van der Waals surface area (Å²) < 4.78 is 0. The van der Waals surface area contributed by atoms with Crippen molar-refractivity contribution in [3.8, 4) is 5.75 Å². The molecule has 2 nitrogen and oxygen atoms in total. The van der Waals surface area contributed by atoms with Crippen molar-refractivity contribution >= 4 is 23.2 Å². The second-order valence-corrected chi connectivity index (χ2v) is 6.33. The van der Waals surface area contributed by atoms with Crippen LogP contribution < -0.4 is 0 Å². The largest absolute Gasteiger partial charge is 0.508 e. The first-order valence-electron chi connectivity index (χ1n) is 6.09. The Labute approximate surface area is 110 Å². The number of nitrogens with zero attached hydrogens (tertiary/aromatic N) is 1. The Kier molecular flexibility index (Phi) is 1.92. The van der Waals surface area contributed by atoms with Crippen LogP contribution in [0.5, 0.6) is 5.75 Å². The smallest absolute Gasteiger partial charge is 0.122 e. The van der Waals surface area contributed by atoms with Crippen molar-refractivity contribution < 1.29 is 5.11 Å². The number of benzene rings is 1. The molecule has 3 aliphatic rings. The van der Waals surface area contributed by atoms with Gasteiger partial charge in [-0.2, -0.15) is 0 Å². The van der Waals surface area contributed by atoms with E-state index in [1.165, 1.54) is 12.8 Å². The molecule has 4 heteroatoms. The van der Waals surface area contributed by atoms with Crippen molar-refractivity contribution in [1.29, 1.82) is 0 Å². The number of hydrogen-bond acceptors (Lipinski definition) is 2. The highest BCUT2D eigenvalue weighted by Gasteiger charge is 2.66. The molecule has 0 aromatic heterocycles. The average molecular weight is 270 g/mol. The van der Waals surface area contributed by atoms with Crippen molar-refractivity contribution in [2.75, 3.05) is 0 Å². The summed E-state index contributed by atoms with van der Waals surface area (Å²) in [6, 6.07) is 4.90. The van der Waals surface area contributed by atoms with Crippen molar-refractivity contribution in [3.63, 3.8) is 0 Å². The van der Waals surface area contributed by atoms with Gasteiger partial charge in [0.2, 0.25) is 0 Å². The van der Waals surface area contributed by atoms with E-state index in [0.29, 0.717) is 15.8 Å². The molecule has 1 aromatic rings. The topological polar surface area (TPSA) is 23.5 Å². The van der Waals surface area contributed by atoms with Crippen LogP contribution >= 0.6 is 23.2 Å². The molecule has 0 bridgehead atoms. The van der Waals surface area contributed by atoms with Crippen LogP contribution in [0.3, 0.4) is 0 Å². The first kappa shape index (κ1) is 10.5. The minimum Gasteiger partial charge on any atom is -0.508 e. The SMILES string of the molecule is Oc1cc(Cl)c(Cl)cc1C12C[C@H]3CC[C@@H](C1)N32. The van der Waals surface area contributed by atoms with Crippen LogP contribution in [0.15, 0.2) is 12.1 Å². The molecule has 0 spiro atoms. The highest BCUT2D eigenvalue weighted by molar-refractivity contribution is 6.42. The number of phenols is 1. The standard InChI is InChI=1S/C13H13Cl2NO/c14-10-3-9(12(17)4-11(10)15)13-5-7-1-2-8(6-13)16(7)13/h3-4,7-8,17H,1-2,5-6H2/t7-,8+,13?. The molecule has 0 radical (unpaired) electrons. The third-order valence-corrected chi connectivity index (χ3v) is 5.52. The summed E-state index contributed by atoms with van der Waals surface area (Å²) in [7, 11) is 0. The number of hydrogen-bond donors (Lipinski definition) is 1. The predicted molar refractivity (Wildman–Crippen MR) is 67.7 cm³/mol. The summed E-state index contributed by atoms with van der Waals surface area (Å²) >= 11 is 12.0. The van der Waals surface area contributed by atoms with E-state index < -0.39 is 0 Å². The van der Waals surface area contributed by atoms with Crippen LogP contribution in [0.1, 0.15) is 31.2 Å². The maximum Gasteiger partial charge on any atom is 0.122 e. The van der Waals surface area contributed by atoms with Gasteiger partial charge in [-0.05, 0) is 31.7 Å². The Balaban J connectivity index is 1.79. The second-order valence-electron chi connectivity index (χ2n) is 5.52. The van der Waals surface area contributed by atoms with Gasteiger partial charge in [-0.1, -0.05) is 23.2 Å². The van der Waals surface area contributed by atoms with Gasteiger partial charge in [-0.15, -0.1) is 0 Å². The summed E-state index contributed by atoms with van der Waals surface area (Å²) in [5.41, 5.74) is 1.05. The van der Waals surface area contributed by atoms with Gasteiger partial charge in [-0.3, -0.25) is 4.90 Å². The monoisotopic (exact) mass is 269 g/mol. The zero-order valence-corrected chi connectivity index (χ0v) is 10.8. The van der Waals surface area contributed by atoms with Gasteiger partial charge >= 0.3 is 0 Å². The number of piperidine rings is 1. The normalized spacial score (nSPS) is 38.5. The summed E-state index contributed by atoms with van der Waals surface area (Å²) in [6.45, 7) is 0. The van der Waals surface area contributed by atoms with Gasteiger partial charge in [0.05, 0.1) is 15.6 Å². The molecular formula is C13H13Cl2NO. The molecule has 3 fully saturated rings. The zero-order chi connectivity index (χ0) is 11.8. The highest BCUT2D eigenvalue weighted by atomic mass is 35.5. The van der Waals surface area contributed by atoms with Crippen molar-refractivity contribution in [1.82, 2.24) is 4.90 Å². The van der Waals surface area contributed by atoms with Gasteiger partial charge in [0.25, 0.3) is 0 Å². The predicted octanol–water partition coefficient (Wildman–Crippen LogP) is 3.53. The molecule has 17 heavy (non-hydrogen) atoms. The van der Waals surface area contributed by atoms with E-state index in [4.69, 9.17) is 23.2 Å². The molecule has 1 unspecified atom stereocenters. The maximum absolute atomic E-state index is 10.1. The Morgan fingerprint density at radius 1 is 1.12 bits per heavy atom. The van der Waals surface area contributed by atoms with Crippen LogP contribution in [-0.4, -0.2) is 22.1 Å². The van der Waals surface area contributed by atoms with E-state index in [-0.39, 0.29) is 5.54 Å². The Morgan fingerprint density at radius 2 is 1.71 bits per heavy atom. The Morgan fingerprint density at radius 3 is 2.35 bits per heavy atom. The molecule has 1 aromatic carbocycles. The van der Waals surface area contributed by atoms with Gasteiger partial charge in [0.1, 0.15) is 5.75 Å². The third-order valence-electron chi connectivity index (χ3n) is 4.80. The first-order valence-corrected chi connectivity index (χ1v) is 6.84. The zero-order valence-electron chi connectivity index (χ0n) is 9.29. The lowest BCUT2D eigenvalue weighted by Crippen LogP contribution is -2.72. The average Bonchev–Trinajstić information content (AvgIpc) is 2.44. The summed E-state index contributed by atoms with van der Waals surface area (Å²) in [5, 5.41) is 11.1. The third kappa shape index (κ3) is 1.12. The molecule has 4 rings (SSSR count). The Hall–Kier alpha value is -0.440. The van der Waals surface area contributed by atoms with Gasteiger partial charge in [-0.25, -0.2) is 0 Å². The van der Waals surface area contributed by atoms with Crippen LogP contribution in [0.4, 0.5) is 0 Å². The molecule has 3 saturated heterocycles. The minimum absolute atomic E-state index is 0.0736. The van der Waals surface area contributed by atoms with Gasteiger partial charge in [0, 0.05) is 23.7 Å². The fourth-order valence-corrected chi connectivity index (χ4v) is 4.50. The molecule has 3 aliphatic heterocycles. The van der Waals surface area contributed by atoms with E-state index in [1.807, 2.05) is 6.07 Å². The number of halogens is 2. The molecule has 90 valence electrons. The van der Waals surface area contributed by atoms with E-state index in [0.717, 1.165) is 30.5 Å². The summed E-state index contributed by atoms with van der Waals surface area (Å²) in [5.74, 6) is 0.295. The van der Waals surface area contributed by atoms with Crippen molar-refractivity contribution in [2.24, 2.45) is 0 Å².